The molecule has 1 saturated carbocycles. The highest BCUT2D eigenvalue weighted by Crippen LogP contribution is 2.32. The maximum atomic E-state index is 6.21. The number of hydrogen-bond acceptors (Lipinski definition) is 1. The van der Waals surface area contributed by atoms with Gasteiger partial charge in [0, 0.05) is 6.04 Å². The van der Waals surface area contributed by atoms with Crippen LogP contribution in [0.5, 0.6) is 0 Å². The van der Waals surface area contributed by atoms with Crippen LogP contribution in [0.15, 0.2) is 18.2 Å². The number of benzene rings is 1. The van der Waals surface area contributed by atoms with Crippen molar-refractivity contribution in [2.24, 2.45) is 5.92 Å². The second-order valence-corrected chi connectivity index (χ2v) is 6.01. The highest BCUT2D eigenvalue weighted by Gasteiger charge is 2.18. The number of rotatable bonds is 3. The van der Waals surface area contributed by atoms with E-state index in [1.54, 1.807) is 0 Å². The molecule has 0 heterocycles. The zero-order valence-electron chi connectivity index (χ0n) is 10.9. The van der Waals surface area contributed by atoms with Crippen LogP contribution in [0.3, 0.4) is 0 Å². The monoisotopic (exact) mass is 285 g/mol. The Morgan fingerprint density at radius 1 is 1.17 bits per heavy atom. The van der Waals surface area contributed by atoms with Crippen LogP contribution in [0.1, 0.15) is 45.4 Å². The lowest BCUT2D eigenvalue weighted by Crippen LogP contribution is -2.18. The summed E-state index contributed by atoms with van der Waals surface area (Å²) in [4.78, 5) is 0. The van der Waals surface area contributed by atoms with E-state index in [2.05, 4.69) is 12.2 Å². The first-order valence-corrected chi connectivity index (χ1v) is 7.66. The topological polar surface area (TPSA) is 12.0 Å². The molecule has 1 aliphatic carbocycles. The van der Waals surface area contributed by atoms with E-state index in [0.717, 1.165) is 11.6 Å². The van der Waals surface area contributed by atoms with Crippen LogP contribution in [0.25, 0.3) is 0 Å². The van der Waals surface area contributed by atoms with Gasteiger partial charge < -0.3 is 5.32 Å². The SMILES string of the molecule is CCC1CCCC(Nc2cccc(Cl)c2Cl)CC1. The summed E-state index contributed by atoms with van der Waals surface area (Å²) in [6, 6.07) is 6.32. The number of nitrogens with one attached hydrogen (secondary N) is 1. The first-order chi connectivity index (χ1) is 8.70. The average Bonchev–Trinajstić information content (AvgIpc) is 2.60. The lowest BCUT2D eigenvalue weighted by atomic mass is 9.98. The van der Waals surface area contributed by atoms with Crippen molar-refractivity contribution in [3.63, 3.8) is 0 Å². The molecule has 1 aromatic rings. The Labute approximate surface area is 120 Å². The van der Waals surface area contributed by atoms with E-state index in [9.17, 15) is 0 Å². The van der Waals surface area contributed by atoms with E-state index < -0.39 is 0 Å². The third kappa shape index (κ3) is 3.55. The summed E-state index contributed by atoms with van der Waals surface area (Å²) >= 11 is 12.3. The number of anilines is 1. The van der Waals surface area contributed by atoms with Gasteiger partial charge >= 0.3 is 0 Å². The molecule has 2 atom stereocenters. The molecule has 100 valence electrons. The van der Waals surface area contributed by atoms with Gasteiger partial charge in [0.1, 0.15) is 0 Å². The second-order valence-electron chi connectivity index (χ2n) is 5.23. The fourth-order valence-corrected chi connectivity index (χ4v) is 3.12. The summed E-state index contributed by atoms with van der Waals surface area (Å²) in [5, 5.41) is 4.83. The van der Waals surface area contributed by atoms with E-state index in [1.807, 2.05) is 18.2 Å². The predicted molar refractivity (Wildman–Crippen MR) is 80.7 cm³/mol. The fraction of sp³-hybridized carbons (Fsp3) is 0.600. The van der Waals surface area contributed by atoms with Gasteiger partial charge in [-0.15, -0.1) is 0 Å². The van der Waals surface area contributed by atoms with Crippen molar-refractivity contribution in [3.8, 4) is 0 Å². The van der Waals surface area contributed by atoms with Crippen molar-refractivity contribution >= 4 is 28.9 Å². The normalized spacial score (nSPS) is 24.6. The molecule has 0 saturated heterocycles. The standard InChI is InChI=1S/C15H21Cl2N/c1-2-11-5-3-6-12(10-9-11)18-14-8-4-7-13(16)15(14)17/h4,7-8,11-12,18H,2-3,5-6,9-10H2,1H3. The molecule has 0 aliphatic heterocycles. The highest BCUT2D eigenvalue weighted by molar-refractivity contribution is 6.43. The molecule has 0 spiro atoms. The lowest BCUT2D eigenvalue weighted by molar-refractivity contribution is 0.444. The summed E-state index contributed by atoms with van der Waals surface area (Å²) in [5.74, 6) is 0.909. The molecule has 0 aromatic heterocycles. The molecule has 3 heteroatoms. The maximum absolute atomic E-state index is 6.21. The molecule has 0 bridgehead atoms. The minimum atomic E-state index is 0.539. The van der Waals surface area contributed by atoms with Crippen molar-refractivity contribution in [1.29, 1.82) is 0 Å². The largest absolute Gasteiger partial charge is 0.381 e. The van der Waals surface area contributed by atoms with Crippen molar-refractivity contribution in [1.82, 2.24) is 0 Å². The van der Waals surface area contributed by atoms with Crippen LogP contribution in [-0.4, -0.2) is 6.04 Å². The Kier molecular flexibility index (Phi) is 5.20. The molecule has 1 aromatic carbocycles. The van der Waals surface area contributed by atoms with E-state index in [1.165, 1.54) is 38.5 Å². The smallest absolute Gasteiger partial charge is 0.0823 e. The maximum Gasteiger partial charge on any atom is 0.0823 e. The summed E-state index contributed by atoms with van der Waals surface area (Å²) in [5.41, 5.74) is 0.976. The zero-order valence-corrected chi connectivity index (χ0v) is 12.4. The van der Waals surface area contributed by atoms with Crippen LogP contribution in [0.4, 0.5) is 5.69 Å². The van der Waals surface area contributed by atoms with Gasteiger partial charge in [-0.25, -0.2) is 0 Å². The van der Waals surface area contributed by atoms with E-state index >= 15 is 0 Å². The third-order valence-corrected chi connectivity index (χ3v) is 4.80. The minimum absolute atomic E-state index is 0.539. The summed E-state index contributed by atoms with van der Waals surface area (Å²) in [6.45, 7) is 2.30. The van der Waals surface area contributed by atoms with Gasteiger partial charge in [0.05, 0.1) is 15.7 Å². The van der Waals surface area contributed by atoms with E-state index in [4.69, 9.17) is 23.2 Å². The molecule has 1 aliphatic rings. The van der Waals surface area contributed by atoms with Gasteiger partial charge in [-0.2, -0.15) is 0 Å². The Morgan fingerprint density at radius 2 is 2.00 bits per heavy atom. The summed E-state index contributed by atoms with van der Waals surface area (Å²) < 4.78 is 0. The molecule has 1 fully saturated rings. The minimum Gasteiger partial charge on any atom is -0.381 e. The third-order valence-electron chi connectivity index (χ3n) is 3.98. The predicted octanol–water partition coefficient (Wildman–Crippen LogP) is 5.76. The Hall–Kier alpha value is -0.400. The van der Waals surface area contributed by atoms with Crippen molar-refractivity contribution in [2.75, 3.05) is 5.32 Å². The molecule has 18 heavy (non-hydrogen) atoms. The van der Waals surface area contributed by atoms with E-state index in [0.29, 0.717) is 16.1 Å². The number of hydrogen-bond donors (Lipinski definition) is 1. The average molecular weight is 286 g/mol. The lowest BCUT2D eigenvalue weighted by Gasteiger charge is -2.19. The first-order valence-electron chi connectivity index (χ1n) is 6.91. The van der Waals surface area contributed by atoms with Crippen molar-refractivity contribution in [2.45, 2.75) is 51.5 Å². The second kappa shape index (κ2) is 6.68. The van der Waals surface area contributed by atoms with Crippen LogP contribution in [0.2, 0.25) is 10.0 Å². The van der Waals surface area contributed by atoms with Crippen LogP contribution in [-0.2, 0) is 0 Å². The first kappa shape index (κ1) is 14.0. The van der Waals surface area contributed by atoms with Gasteiger partial charge in [0.15, 0.2) is 0 Å². The Bertz CT molecular complexity index is 392. The fourth-order valence-electron chi connectivity index (χ4n) is 2.77. The van der Waals surface area contributed by atoms with E-state index in [-0.39, 0.29) is 0 Å². The van der Waals surface area contributed by atoms with Crippen molar-refractivity contribution < 1.29 is 0 Å². The van der Waals surface area contributed by atoms with Gasteiger partial charge in [0.25, 0.3) is 0 Å². The highest BCUT2D eigenvalue weighted by atomic mass is 35.5. The molecular weight excluding hydrogens is 265 g/mol. The molecule has 0 radical (unpaired) electrons. The molecule has 1 N–H and O–H groups in total. The Morgan fingerprint density at radius 3 is 2.78 bits per heavy atom. The van der Waals surface area contributed by atoms with Crippen LogP contribution < -0.4 is 5.32 Å². The molecule has 2 rings (SSSR count). The molecule has 2 unspecified atom stereocenters. The van der Waals surface area contributed by atoms with Gasteiger partial charge in [0.2, 0.25) is 0 Å². The van der Waals surface area contributed by atoms with Gasteiger partial charge in [-0.05, 0) is 37.3 Å². The zero-order chi connectivity index (χ0) is 13.0. The quantitative estimate of drug-likeness (QED) is 0.696. The van der Waals surface area contributed by atoms with Gasteiger partial charge in [-0.1, -0.05) is 55.5 Å². The summed E-state index contributed by atoms with van der Waals surface area (Å²) in [6.07, 6.45) is 7.80. The number of halogens is 2. The van der Waals surface area contributed by atoms with Crippen LogP contribution in [0, 0.1) is 5.92 Å². The Balaban J connectivity index is 1.99. The molecule has 0 amide bonds. The van der Waals surface area contributed by atoms with Gasteiger partial charge in [-0.3, -0.25) is 0 Å². The summed E-state index contributed by atoms with van der Waals surface area (Å²) in [7, 11) is 0. The van der Waals surface area contributed by atoms with Crippen LogP contribution >= 0.6 is 23.2 Å². The molecule has 1 nitrogen and oxygen atoms in total. The molecular formula is C15H21Cl2N. The van der Waals surface area contributed by atoms with Crippen molar-refractivity contribution in [3.05, 3.63) is 28.2 Å².